The summed E-state index contributed by atoms with van der Waals surface area (Å²) in [6.07, 6.45) is 0. The molecule has 0 nitrogen and oxygen atoms in total. The van der Waals surface area contributed by atoms with Crippen LogP contribution in [-0.2, 0) is 0 Å². The van der Waals surface area contributed by atoms with Crippen LogP contribution in [0.4, 0.5) is 0 Å². The Balaban J connectivity index is 3.68. The van der Waals surface area contributed by atoms with E-state index in [0.717, 1.165) is 24.7 Å². The minimum atomic E-state index is 0.938. The van der Waals surface area contributed by atoms with E-state index < -0.39 is 0 Å². The second kappa shape index (κ2) is 2.95. The second-order valence-electron chi connectivity index (χ2n) is 1.32. The first-order valence-electron chi connectivity index (χ1n) is 1.70. The van der Waals surface area contributed by atoms with Gasteiger partial charge < -0.3 is 0 Å². The number of thiol groups is 2. The van der Waals surface area contributed by atoms with Crippen molar-refractivity contribution in [2.75, 3.05) is 0 Å². The van der Waals surface area contributed by atoms with Gasteiger partial charge in [0, 0.05) is 24.7 Å². The van der Waals surface area contributed by atoms with Crippen LogP contribution in [0.5, 0.6) is 0 Å². The first-order valence-corrected chi connectivity index (χ1v) is 4.59. The van der Waals surface area contributed by atoms with Crippen LogP contribution in [-0.4, -0.2) is 20.5 Å². The van der Waals surface area contributed by atoms with Crippen LogP contribution < -0.4 is 0 Å². The molecular formula is C2H8S2Si2. The highest BCUT2D eigenvalue weighted by molar-refractivity contribution is 8.05. The summed E-state index contributed by atoms with van der Waals surface area (Å²) < 4.78 is 0.938. The Morgan fingerprint density at radius 2 is 1.33 bits per heavy atom. The van der Waals surface area contributed by atoms with Gasteiger partial charge >= 0.3 is 0 Å². The lowest BCUT2D eigenvalue weighted by Gasteiger charge is -1.85. The average Bonchev–Trinajstić information content (AvgIpc) is 1.36. The van der Waals surface area contributed by atoms with Gasteiger partial charge in [-0.15, -0.1) is 25.3 Å². The summed E-state index contributed by atoms with van der Waals surface area (Å²) in [5, 5.41) is 0. The Kier molecular flexibility index (Phi) is 3.38. The van der Waals surface area contributed by atoms with E-state index in [-0.39, 0.29) is 0 Å². The van der Waals surface area contributed by atoms with Crippen LogP contribution in [0, 0.1) is 0 Å². The van der Waals surface area contributed by atoms with Crippen LogP contribution in [0.25, 0.3) is 0 Å². The predicted octanol–water partition coefficient (Wildman–Crippen LogP) is -1.30. The normalized spacial score (nSPS) is 9.00. The van der Waals surface area contributed by atoms with Crippen molar-refractivity contribution in [1.82, 2.24) is 0 Å². The van der Waals surface area contributed by atoms with Crippen molar-refractivity contribution in [3.05, 3.63) is 9.06 Å². The Bertz CT molecular complexity index is 59.6. The second-order valence-corrected chi connectivity index (χ2v) is 7.57. The van der Waals surface area contributed by atoms with E-state index in [2.05, 4.69) is 25.3 Å². The van der Waals surface area contributed by atoms with Gasteiger partial charge in [0.15, 0.2) is 0 Å². The van der Waals surface area contributed by atoms with Crippen molar-refractivity contribution < 1.29 is 0 Å². The Morgan fingerprint density at radius 1 is 1.17 bits per heavy atom. The molecule has 0 saturated carbocycles. The summed E-state index contributed by atoms with van der Waals surface area (Å²) in [5.41, 5.74) is 0. The highest BCUT2D eigenvalue weighted by Gasteiger charge is 1.77. The third-order valence-electron chi connectivity index (χ3n) is 0.447. The lowest BCUT2D eigenvalue weighted by atomic mass is 11.2. The number of hydrogen-bond acceptors (Lipinski definition) is 2. The standard InChI is InChI=1S/C2H8S2Si2/c3-1(4)2(5)6/h3-4H,5-6H3. The molecule has 0 spiro atoms. The SMILES string of the molecule is [SiH3]C([SiH3])=C(S)S. The van der Waals surface area contributed by atoms with Crippen molar-refractivity contribution in [3.8, 4) is 0 Å². The third kappa shape index (κ3) is 3.08. The molecule has 0 aromatic rings. The van der Waals surface area contributed by atoms with Gasteiger partial charge in [0.2, 0.25) is 0 Å². The highest BCUT2D eigenvalue weighted by atomic mass is 32.2. The lowest BCUT2D eigenvalue weighted by molar-refractivity contribution is 2.32. The molecule has 0 aliphatic rings. The average molecular weight is 152 g/mol. The molecule has 0 bridgehead atoms. The Labute approximate surface area is 55.1 Å². The largest absolute Gasteiger partial charge is 0.138 e. The molecule has 0 rings (SSSR count). The third-order valence-corrected chi connectivity index (χ3v) is 4.02. The van der Waals surface area contributed by atoms with Crippen molar-refractivity contribution in [2.24, 2.45) is 0 Å². The van der Waals surface area contributed by atoms with Crippen molar-refractivity contribution >= 4 is 45.7 Å². The minimum Gasteiger partial charge on any atom is -0.138 e. The first kappa shape index (κ1) is 6.87. The zero-order valence-corrected chi connectivity index (χ0v) is 9.68. The van der Waals surface area contributed by atoms with Crippen LogP contribution in [0.1, 0.15) is 0 Å². The van der Waals surface area contributed by atoms with Crippen LogP contribution in [0.3, 0.4) is 0 Å². The lowest BCUT2D eigenvalue weighted by Crippen LogP contribution is -1.76. The van der Waals surface area contributed by atoms with Gasteiger partial charge in [-0.2, -0.15) is 0 Å². The molecule has 0 saturated heterocycles. The maximum absolute atomic E-state index is 4.01. The summed E-state index contributed by atoms with van der Waals surface area (Å²) in [6.45, 7) is 0. The highest BCUT2D eigenvalue weighted by Crippen LogP contribution is 2.05. The molecule has 0 unspecified atom stereocenters. The first-order chi connectivity index (χ1) is 2.64. The van der Waals surface area contributed by atoms with Crippen LogP contribution >= 0.6 is 25.3 Å². The fraction of sp³-hybridized carbons (Fsp3) is 0. The fourth-order valence-corrected chi connectivity index (χ4v) is 0. The van der Waals surface area contributed by atoms with E-state index in [1.165, 1.54) is 4.82 Å². The van der Waals surface area contributed by atoms with Crippen molar-refractivity contribution in [2.45, 2.75) is 0 Å². The molecule has 0 aliphatic carbocycles. The summed E-state index contributed by atoms with van der Waals surface area (Å²) in [5.74, 6) is 0. The molecule has 0 radical (unpaired) electrons. The smallest absolute Gasteiger partial charge is 0.0292 e. The molecule has 0 N–H and O–H groups in total. The summed E-state index contributed by atoms with van der Waals surface area (Å²) >= 11 is 8.01. The fourth-order valence-electron chi connectivity index (χ4n) is 0. The molecular weight excluding hydrogens is 144 g/mol. The zero-order chi connectivity index (χ0) is 5.15. The molecule has 4 heteroatoms. The van der Waals surface area contributed by atoms with Gasteiger partial charge in [-0.3, -0.25) is 0 Å². The topological polar surface area (TPSA) is 0 Å². The van der Waals surface area contributed by atoms with Crippen molar-refractivity contribution in [1.29, 1.82) is 0 Å². The van der Waals surface area contributed by atoms with E-state index in [1.807, 2.05) is 0 Å². The maximum atomic E-state index is 4.01. The van der Waals surface area contributed by atoms with E-state index in [0.29, 0.717) is 0 Å². The van der Waals surface area contributed by atoms with E-state index in [1.54, 1.807) is 0 Å². The zero-order valence-electron chi connectivity index (χ0n) is 3.89. The van der Waals surface area contributed by atoms with Gasteiger partial charge in [0.05, 0.1) is 0 Å². The monoisotopic (exact) mass is 152 g/mol. The van der Waals surface area contributed by atoms with Gasteiger partial charge in [-0.1, -0.05) is 4.82 Å². The Hall–Kier alpha value is 0.874. The minimum absolute atomic E-state index is 0.938. The molecule has 0 aromatic heterocycles. The van der Waals surface area contributed by atoms with E-state index >= 15 is 0 Å². The summed E-state index contributed by atoms with van der Waals surface area (Å²) in [7, 11) is 2.28. The molecule has 0 fully saturated rings. The van der Waals surface area contributed by atoms with Crippen molar-refractivity contribution in [3.63, 3.8) is 0 Å². The molecule has 36 valence electrons. The quantitative estimate of drug-likeness (QED) is 0.313. The van der Waals surface area contributed by atoms with Gasteiger partial charge in [-0.25, -0.2) is 0 Å². The van der Waals surface area contributed by atoms with Gasteiger partial charge in [-0.05, 0) is 0 Å². The molecule has 0 aliphatic heterocycles. The maximum Gasteiger partial charge on any atom is 0.0292 e. The molecule has 0 amide bonds. The molecule has 0 atom stereocenters. The van der Waals surface area contributed by atoms with Crippen LogP contribution in [0.2, 0.25) is 0 Å². The van der Waals surface area contributed by atoms with Gasteiger partial charge in [0.25, 0.3) is 0 Å². The number of rotatable bonds is 0. The summed E-state index contributed by atoms with van der Waals surface area (Å²) in [4.78, 5) is 1.43. The summed E-state index contributed by atoms with van der Waals surface area (Å²) in [6, 6.07) is 0. The molecule has 0 heterocycles. The van der Waals surface area contributed by atoms with Crippen LogP contribution in [0.15, 0.2) is 9.06 Å². The molecule has 0 aromatic carbocycles. The van der Waals surface area contributed by atoms with E-state index in [9.17, 15) is 0 Å². The van der Waals surface area contributed by atoms with E-state index in [4.69, 9.17) is 0 Å². The predicted molar refractivity (Wildman–Crippen MR) is 44.9 cm³/mol. The molecule has 6 heavy (non-hydrogen) atoms. The van der Waals surface area contributed by atoms with Gasteiger partial charge in [0.1, 0.15) is 0 Å². The number of hydrogen-bond donors (Lipinski definition) is 2. The Morgan fingerprint density at radius 3 is 1.33 bits per heavy atom.